The second-order valence-electron chi connectivity index (χ2n) is 5.83. The number of aromatic nitrogens is 2. The zero-order valence-electron chi connectivity index (χ0n) is 13.9. The molecule has 0 spiro atoms. The zero-order valence-corrected chi connectivity index (χ0v) is 15.5. The van der Waals surface area contributed by atoms with E-state index in [9.17, 15) is 8.78 Å². The third kappa shape index (κ3) is 3.42. The number of fused-ring (bicyclic) bond motifs is 1. The van der Waals surface area contributed by atoms with E-state index in [0.717, 1.165) is 6.07 Å². The lowest BCUT2D eigenvalue weighted by molar-refractivity contribution is 0.414. The van der Waals surface area contributed by atoms with E-state index in [0.29, 0.717) is 32.6 Å². The van der Waals surface area contributed by atoms with Gasteiger partial charge in [-0.25, -0.2) is 18.7 Å². The highest BCUT2D eigenvalue weighted by atomic mass is 79.9. The summed E-state index contributed by atoms with van der Waals surface area (Å²) in [5, 5.41) is 3.85. The van der Waals surface area contributed by atoms with E-state index in [-0.39, 0.29) is 11.6 Å². The normalized spacial score (nSPS) is 11.2. The molecule has 3 aromatic rings. The number of anilines is 1. The Bertz CT molecular complexity index is 947. The summed E-state index contributed by atoms with van der Waals surface area (Å²) in [5.74, 6) is -0.380. The first-order valence-corrected chi connectivity index (χ1v) is 8.45. The molecule has 0 bridgehead atoms. The van der Waals surface area contributed by atoms with E-state index in [2.05, 4.69) is 31.2 Å². The molecule has 25 heavy (non-hydrogen) atoms. The maximum absolute atomic E-state index is 14.2. The van der Waals surface area contributed by atoms with Gasteiger partial charge in [-0.05, 0) is 48.0 Å². The van der Waals surface area contributed by atoms with Crippen LogP contribution in [0.3, 0.4) is 0 Å². The van der Waals surface area contributed by atoms with Crippen molar-refractivity contribution in [3.8, 4) is 16.9 Å². The summed E-state index contributed by atoms with van der Waals surface area (Å²) in [7, 11) is 1.49. The Hall–Kier alpha value is -2.28. The van der Waals surface area contributed by atoms with Crippen molar-refractivity contribution in [3.63, 3.8) is 0 Å². The minimum Gasteiger partial charge on any atom is -0.495 e. The molecule has 3 rings (SSSR count). The zero-order chi connectivity index (χ0) is 18.1. The number of nitrogens with one attached hydrogen (secondary N) is 1. The average molecular weight is 408 g/mol. The fourth-order valence-electron chi connectivity index (χ4n) is 2.55. The molecule has 0 unspecified atom stereocenters. The minimum atomic E-state index is -0.663. The van der Waals surface area contributed by atoms with Crippen LogP contribution in [0.15, 0.2) is 34.9 Å². The van der Waals surface area contributed by atoms with Crippen LogP contribution in [0.25, 0.3) is 22.0 Å². The molecular weight excluding hydrogens is 392 g/mol. The highest BCUT2D eigenvalue weighted by Gasteiger charge is 2.18. The Morgan fingerprint density at radius 1 is 1.16 bits per heavy atom. The van der Waals surface area contributed by atoms with Crippen molar-refractivity contribution in [1.82, 2.24) is 9.97 Å². The average Bonchev–Trinajstić information content (AvgIpc) is 2.55. The summed E-state index contributed by atoms with van der Waals surface area (Å²) >= 11 is 3.49. The number of hydrogen-bond donors (Lipinski definition) is 1. The van der Waals surface area contributed by atoms with Gasteiger partial charge in [0.25, 0.3) is 0 Å². The van der Waals surface area contributed by atoms with Crippen LogP contribution in [-0.4, -0.2) is 23.1 Å². The molecule has 7 heteroatoms. The van der Waals surface area contributed by atoms with Gasteiger partial charge in [-0.3, -0.25) is 0 Å². The van der Waals surface area contributed by atoms with Crippen LogP contribution in [0.2, 0.25) is 0 Å². The Labute approximate surface area is 152 Å². The van der Waals surface area contributed by atoms with Gasteiger partial charge in [-0.2, -0.15) is 0 Å². The summed E-state index contributed by atoms with van der Waals surface area (Å²) < 4.78 is 33.5. The predicted octanol–water partition coefficient (Wildman–Crippen LogP) is 5.17. The summed E-state index contributed by atoms with van der Waals surface area (Å²) in [5.41, 5.74) is 1.37. The van der Waals surface area contributed by atoms with E-state index in [4.69, 9.17) is 4.74 Å². The van der Waals surface area contributed by atoms with E-state index < -0.39 is 11.6 Å². The molecule has 0 saturated heterocycles. The minimum absolute atomic E-state index is 0.186. The van der Waals surface area contributed by atoms with E-state index in [1.54, 1.807) is 12.3 Å². The molecule has 4 nitrogen and oxygen atoms in total. The molecule has 130 valence electrons. The van der Waals surface area contributed by atoms with E-state index in [1.807, 2.05) is 13.8 Å². The highest BCUT2D eigenvalue weighted by Crippen LogP contribution is 2.42. The topological polar surface area (TPSA) is 47.0 Å². The van der Waals surface area contributed by atoms with Gasteiger partial charge in [0, 0.05) is 34.8 Å². The van der Waals surface area contributed by atoms with Crippen molar-refractivity contribution in [1.29, 1.82) is 0 Å². The summed E-state index contributed by atoms with van der Waals surface area (Å²) in [6, 6.07) is 5.36. The molecule has 0 atom stereocenters. The number of methoxy groups -OCH3 is 1. The van der Waals surface area contributed by atoms with Crippen LogP contribution in [0.4, 0.5) is 14.7 Å². The lowest BCUT2D eigenvalue weighted by Gasteiger charge is -2.15. The monoisotopic (exact) mass is 407 g/mol. The number of ether oxygens (including phenoxy) is 1. The Kier molecular flexibility index (Phi) is 4.85. The largest absolute Gasteiger partial charge is 0.495 e. The van der Waals surface area contributed by atoms with Crippen LogP contribution in [0.5, 0.6) is 5.75 Å². The van der Waals surface area contributed by atoms with Crippen molar-refractivity contribution < 1.29 is 13.5 Å². The third-order valence-electron chi connectivity index (χ3n) is 3.61. The summed E-state index contributed by atoms with van der Waals surface area (Å²) in [6.45, 7) is 3.98. The number of benzene rings is 2. The molecule has 0 aliphatic rings. The maximum Gasteiger partial charge on any atom is 0.223 e. The van der Waals surface area contributed by atoms with Crippen molar-refractivity contribution in [2.45, 2.75) is 19.9 Å². The van der Waals surface area contributed by atoms with Gasteiger partial charge in [0.1, 0.15) is 17.4 Å². The van der Waals surface area contributed by atoms with Gasteiger partial charge in [0.15, 0.2) is 0 Å². The fraction of sp³-hybridized carbons (Fsp3) is 0.222. The van der Waals surface area contributed by atoms with Crippen LogP contribution < -0.4 is 10.1 Å². The molecule has 0 fully saturated rings. The van der Waals surface area contributed by atoms with Crippen molar-refractivity contribution in [2.75, 3.05) is 12.4 Å². The lowest BCUT2D eigenvalue weighted by Crippen LogP contribution is -2.12. The SMILES string of the molecule is COc1c(-c2ccc(F)cc2F)cc2cnc(NC(C)C)nc2c1Br. The molecule has 0 amide bonds. The van der Waals surface area contributed by atoms with Gasteiger partial charge >= 0.3 is 0 Å². The summed E-state index contributed by atoms with van der Waals surface area (Å²) in [4.78, 5) is 8.77. The smallest absolute Gasteiger partial charge is 0.223 e. The van der Waals surface area contributed by atoms with Crippen molar-refractivity contribution in [3.05, 3.63) is 46.6 Å². The molecule has 2 aromatic carbocycles. The van der Waals surface area contributed by atoms with Crippen molar-refractivity contribution in [2.24, 2.45) is 0 Å². The first-order valence-electron chi connectivity index (χ1n) is 7.66. The van der Waals surface area contributed by atoms with Crippen molar-refractivity contribution >= 4 is 32.8 Å². The van der Waals surface area contributed by atoms with Crippen LogP contribution in [-0.2, 0) is 0 Å². The van der Waals surface area contributed by atoms with Gasteiger partial charge in [0.2, 0.25) is 5.95 Å². The summed E-state index contributed by atoms with van der Waals surface area (Å²) in [6.07, 6.45) is 1.65. The number of rotatable bonds is 4. The molecule has 0 aliphatic heterocycles. The Morgan fingerprint density at radius 2 is 1.92 bits per heavy atom. The maximum atomic E-state index is 14.2. The molecule has 1 heterocycles. The number of hydrogen-bond acceptors (Lipinski definition) is 4. The van der Waals surface area contributed by atoms with Gasteiger partial charge in [-0.1, -0.05) is 0 Å². The van der Waals surface area contributed by atoms with Gasteiger partial charge in [-0.15, -0.1) is 0 Å². The number of halogens is 3. The van der Waals surface area contributed by atoms with Crippen LogP contribution in [0.1, 0.15) is 13.8 Å². The second kappa shape index (κ2) is 6.92. The lowest BCUT2D eigenvalue weighted by atomic mass is 10.0. The highest BCUT2D eigenvalue weighted by molar-refractivity contribution is 9.10. The first kappa shape index (κ1) is 17.5. The Balaban J connectivity index is 2.23. The standard InChI is InChI=1S/C18H16BrF2N3O/c1-9(2)23-18-22-8-10-6-13(12-5-4-11(20)7-14(12)21)17(25-3)15(19)16(10)24-18/h4-9H,1-3H3,(H,22,23,24). The molecule has 0 aliphatic carbocycles. The molecule has 1 aromatic heterocycles. The van der Waals surface area contributed by atoms with E-state index >= 15 is 0 Å². The quantitative estimate of drug-likeness (QED) is 0.648. The molecular formula is C18H16BrF2N3O. The first-order chi connectivity index (χ1) is 11.9. The van der Waals surface area contributed by atoms with Gasteiger partial charge in [0.05, 0.1) is 17.1 Å². The third-order valence-corrected chi connectivity index (χ3v) is 4.35. The van der Waals surface area contributed by atoms with Crippen LogP contribution in [0, 0.1) is 11.6 Å². The molecule has 0 saturated carbocycles. The molecule has 1 N–H and O–H groups in total. The van der Waals surface area contributed by atoms with Crippen LogP contribution >= 0.6 is 15.9 Å². The van der Waals surface area contributed by atoms with Gasteiger partial charge < -0.3 is 10.1 Å². The molecule has 0 radical (unpaired) electrons. The Morgan fingerprint density at radius 3 is 2.56 bits per heavy atom. The van der Waals surface area contributed by atoms with E-state index in [1.165, 1.54) is 19.2 Å². The number of nitrogens with zero attached hydrogens (tertiary/aromatic N) is 2. The predicted molar refractivity (Wildman–Crippen MR) is 97.9 cm³/mol. The second-order valence-corrected chi connectivity index (χ2v) is 6.62. The fourth-order valence-corrected chi connectivity index (χ4v) is 3.25.